The molecule has 2 unspecified atom stereocenters. The minimum absolute atomic E-state index is 0.00119. The second-order valence-electron chi connectivity index (χ2n) is 21.0. The Hall–Kier alpha value is -6.66. The van der Waals surface area contributed by atoms with Crippen LogP contribution in [0, 0.1) is 0 Å². The number of aromatic nitrogens is 8. The Morgan fingerprint density at radius 2 is 0.946 bits per heavy atom. The highest BCUT2D eigenvalue weighted by Crippen LogP contribution is 2.42. The van der Waals surface area contributed by atoms with Crippen molar-refractivity contribution >= 4 is 22.9 Å². The molecule has 4 atom stereocenters. The summed E-state index contributed by atoms with van der Waals surface area (Å²) in [5.41, 5.74) is 10.9. The highest BCUT2D eigenvalue weighted by molar-refractivity contribution is 5.58. The number of anilines is 2. The molecule has 0 aromatic carbocycles. The Bertz CT molecular complexity index is 2970. The zero-order valence-electron chi connectivity index (χ0n) is 42.7. The van der Waals surface area contributed by atoms with Gasteiger partial charge in [-0.25, -0.2) is 9.97 Å². The van der Waals surface area contributed by atoms with E-state index in [2.05, 4.69) is 111 Å². The Morgan fingerprint density at radius 1 is 0.514 bits per heavy atom. The van der Waals surface area contributed by atoms with Crippen LogP contribution < -0.4 is 9.80 Å². The summed E-state index contributed by atoms with van der Waals surface area (Å²) in [4.78, 5) is 44.5. The average Bonchev–Trinajstić information content (AvgIpc) is 4.01. The van der Waals surface area contributed by atoms with Gasteiger partial charge in [0.25, 0.3) is 0 Å². The maximum Gasteiger partial charge on any atom is 0.138 e. The van der Waals surface area contributed by atoms with Gasteiger partial charge < -0.3 is 29.8 Å². The second kappa shape index (κ2) is 21.3. The lowest BCUT2D eigenvalue weighted by Crippen LogP contribution is -2.45. The zero-order chi connectivity index (χ0) is 50.1. The fourth-order valence-electron chi connectivity index (χ4n) is 12.3. The SMILES string of the molecule is CN1CCN(c2cccc3nc(CN(Cc4cccnc4)[C@H]4CCCc5cccnc54)c(C(O)C(O)c4c(CN(Cc5cccnc5)[C@H]5CCCc6cccnc65)nc5cccc(N6CCN(C)CC6)n45)n23)CC1. The number of likely N-dealkylation sites (N-methyl/N-ethyl adjacent to an activating group) is 2. The maximum atomic E-state index is 13.7. The van der Waals surface area contributed by atoms with Crippen molar-refractivity contribution in [1.29, 1.82) is 0 Å². The van der Waals surface area contributed by atoms with Gasteiger partial charge in [-0.15, -0.1) is 0 Å². The molecule has 0 saturated carbocycles. The summed E-state index contributed by atoms with van der Waals surface area (Å²) in [7, 11) is 4.33. The minimum Gasteiger partial charge on any atom is -0.384 e. The van der Waals surface area contributed by atoms with E-state index in [1.54, 1.807) is 0 Å². The molecular weight excluding hydrogens is 925 g/mol. The molecule has 10 heterocycles. The molecule has 2 fully saturated rings. The van der Waals surface area contributed by atoms with Crippen LogP contribution in [0.1, 0.15) is 106 Å². The molecule has 74 heavy (non-hydrogen) atoms. The van der Waals surface area contributed by atoms with Crippen LogP contribution in [0.5, 0.6) is 0 Å². The van der Waals surface area contributed by atoms with Gasteiger partial charge in [0.2, 0.25) is 0 Å². The lowest BCUT2D eigenvalue weighted by molar-refractivity contribution is 0.00852. The number of hydrogen-bond donors (Lipinski definition) is 2. The van der Waals surface area contributed by atoms with Crippen LogP contribution in [0.3, 0.4) is 0 Å². The number of rotatable bonds is 15. The molecule has 2 aliphatic heterocycles. The average molecular weight is 993 g/mol. The van der Waals surface area contributed by atoms with Crippen molar-refractivity contribution in [2.24, 2.45) is 0 Å². The first kappa shape index (κ1) is 48.3. The Morgan fingerprint density at radius 3 is 1.36 bits per heavy atom. The van der Waals surface area contributed by atoms with Crippen LogP contribution in [-0.2, 0) is 39.0 Å². The molecule has 2 aliphatic carbocycles. The number of imidazole rings is 2. The van der Waals surface area contributed by atoms with Crippen LogP contribution in [0.25, 0.3) is 11.3 Å². The predicted octanol–water partition coefficient (Wildman–Crippen LogP) is 6.99. The molecule has 2 N–H and O–H groups in total. The molecule has 8 aromatic rings. The summed E-state index contributed by atoms with van der Waals surface area (Å²) in [5, 5.41) is 27.3. The van der Waals surface area contributed by atoms with E-state index in [0.717, 1.165) is 136 Å². The molecule has 4 aliphatic rings. The van der Waals surface area contributed by atoms with Gasteiger partial charge >= 0.3 is 0 Å². The fourth-order valence-corrected chi connectivity index (χ4v) is 12.3. The van der Waals surface area contributed by atoms with Gasteiger partial charge in [-0.1, -0.05) is 36.4 Å². The number of fused-ring (bicyclic) bond motifs is 4. The third-order valence-electron chi connectivity index (χ3n) is 16.1. The van der Waals surface area contributed by atoms with Crippen LogP contribution in [0.4, 0.5) is 11.6 Å². The Balaban J connectivity index is 1.02. The summed E-state index contributed by atoms with van der Waals surface area (Å²) < 4.78 is 4.26. The van der Waals surface area contributed by atoms with Crippen LogP contribution in [0.15, 0.2) is 122 Å². The van der Waals surface area contributed by atoms with Crippen LogP contribution >= 0.6 is 0 Å². The van der Waals surface area contributed by atoms with E-state index in [0.29, 0.717) is 49.0 Å². The van der Waals surface area contributed by atoms with Gasteiger partial charge in [0.05, 0.1) is 46.2 Å². The molecule has 16 nitrogen and oxygen atoms in total. The van der Waals surface area contributed by atoms with Crippen molar-refractivity contribution < 1.29 is 10.2 Å². The first-order valence-electron chi connectivity index (χ1n) is 26.7. The first-order valence-corrected chi connectivity index (χ1v) is 26.7. The molecule has 0 radical (unpaired) electrons. The van der Waals surface area contributed by atoms with Gasteiger partial charge in [-0.3, -0.25) is 38.5 Å². The number of aliphatic hydroxyl groups excluding tert-OH is 2. The Kier molecular flexibility index (Phi) is 13.9. The number of nitrogens with zero attached hydrogens (tertiary/aromatic N) is 14. The first-order chi connectivity index (χ1) is 36.3. The number of aryl methyl sites for hydroxylation is 2. The van der Waals surface area contributed by atoms with Gasteiger partial charge in [0.15, 0.2) is 0 Å². The molecule has 382 valence electrons. The van der Waals surface area contributed by atoms with Crippen molar-refractivity contribution in [1.82, 2.24) is 58.3 Å². The van der Waals surface area contributed by atoms with Crippen molar-refractivity contribution in [3.8, 4) is 0 Å². The summed E-state index contributed by atoms with van der Waals surface area (Å²) in [6.45, 7) is 8.89. The number of hydrogen-bond acceptors (Lipinski definition) is 14. The third kappa shape index (κ3) is 9.66. The maximum absolute atomic E-state index is 13.7. The molecule has 12 rings (SSSR count). The zero-order valence-corrected chi connectivity index (χ0v) is 42.7. The van der Waals surface area contributed by atoms with Crippen molar-refractivity contribution in [2.75, 3.05) is 76.3 Å². The second-order valence-corrected chi connectivity index (χ2v) is 21.0. The topological polar surface area (TPSA) is 146 Å². The largest absolute Gasteiger partial charge is 0.384 e. The molecule has 2 saturated heterocycles. The summed E-state index contributed by atoms with van der Waals surface area (Å²) in [6.07, 6.45) is 14.4. The van der Waals surface area contributed by atoms with E-state index in [-0.39, 0.29) is 12.1 Å². The van der Waals surface area contributed by atoms with Crippen LogP contribution in [0.2, 0.25) is 0 Å². The standard InChI is InChI=1S/C58H68N14O2/c1-65-27-31-67(32-28-65)51-21-5-19-49-63-45(39-69(37-41-11-7-23-59-35-41)47-17-3-13-43-15-9-25-61-53(43)47)55(71(49)51)57(73)58(74)56-46(64-50-20-6-22-52(72(50)56)68-33-29-66(2)30-34-68)40-70(38-42-12-8-24-60-36-42)48-18-4-14-44-16-10-26-62-54(44)48/h5-12,15-16,19-26,35-36,47-48,57-58,73-74H,3-4,13-14,17-18,27-34,37-40H2,1-2H3/t47-,48-,57?,58?/m0/s1. The van der Waals surface area contributed by atoms with Crippen molar-refractivity contribution in [3.63, 3.8) is 0 Å². The quantitative estimate of drug-likeness (QED) is 0.109. The summed E-state index contributed by atoms with van der Waals surface area (Å²) in [6, 6.07) is 29.2. The summed E-state index contributed by atoms with van der Waals surface area (Å²) in [5.74, 6) is 1.89. The van der Waals surface area contributed by atoms with Gasteiger partial charge in [-0.05, 0) is 123 Å². The number of pyridine rings is 6. The van der Waals surface area contributed by atoms with E-state index in [1.165, 1.54) is 11.1 Å². The molecule has 0 bridgehead atoms. The van der Waals surface area contributed by atoms with E-state index >= 15 is 0 Å². The number of piperazine rings is 2. The minimum atomic E-state index is -1.42. The Labute approximate surface area is 433 Å². The molecule has 0 amide bonds. The van der Waals surface area contributed by atoms with Gasteiger partial charge in [-0.2, -0.15) is 0 Å². The third-order valence-corrected chi connectivity index (χ3v) is 16.1. The van der Waals surface area contributed by atoms with Gasteiger partial charge in [0.1, 0.15) is 35.1 Å². The van der Waals surface area contributed by atoms with Crippen molar-refractivity contribution in [3.05, 3.63) is 179 Å². The van der Waals surface area contributed by atoms with E-state index in [1.807, 2.05) is 73.6 Å². The molecular formula is C58H68N14O2. The van der Waals surface area contributed by atoms with E-state index in [9.17, 15) is 10.2 Å². The van der Waals surface area contributed by atoms with E-state index < -0.39 is 12.2 Å². The van der Waals surface area contributed by atoms with E-state index in [4.69, 9.17) is 19.9 Å². The summed E-state index contributed by atoms with van der Waals surface area (Å²) >= 11 is 0. The fraction of sp³-hybridized carbons (Fsp3) is 0.414. The number of aliphatic hydroxyl groups is 2. The molecule has 16 heteroatoms. The normalized spacial score (nSPS) is 19.6. The highest BCUT2D eigenvalue weighted by atomic mass is 16.3. The molecule has 0 spiro atoms. The van der Waals surface area contributed by atoms with Gasteiger partial charge in [0, 0.05) is 116 Å². The lowest BCUT2D eigenvalue weighted by Gasteiger charge is -2.36. The lowest BCUT2D eigenvalue weighted by atomic mass is 9.90. The highest BCUT2D eigenvalue weighted by Gasteiger charge is 2.38. The monoisotopic (exact) mass is 993 g/mol. The van der Waals surface area contributed by atoms with Crippen LogP contribution in [-0.4, -0.2) is 135 Å². The predicted molar refractivity (Wildman–Crippen MR) is 287 cm³/mol. The van der Waals surface area contributed by atoms with Crippen molar-refractivity contribution in [2.45, 2.75) is 89.0 Å². The molecule has 8 aromatic heterocycles. The smallest absolute Gasteiger partial charge is 0.138 e.